The van der Waals surface area contributed by atoms with Crippen LogP contribution in [-0.2, 0) is 6.42 Å². The van der Waals surface area contributed by atoms with E-state index in [-0.39, 0.29) is 5.91 Å². The van der Waals surface area contributed by atoms with E-state index in [1.807, 2.05) is 31.4 Å². The zero-order valence-corrected chi connectivity index (χ0v) is 18.8. The van der Waals surface area contributed by atoms with Crippen molar-refractivity contribution < 1.29 is 4.79 Å². The van der Waals surface area contributed by atoms with Gasteiger partial charge < -0.3 is 10.2 Å². The molecule has 0 atom stereocenters. The van der Waals surface area contributed by atoms with Crippen molar-refractivity contribution in [3.63, 3.8) is 0 Å². The molecule has 1 saturated heterocycles. The number of rotatable bonds is 5. The van der Waals surface area contributed by atoms with Gasteiger partial charge in [-0.3, -0.25) is 4.79 Å². The molecule has 1 N–H and O–H groups in total. The molecular weight excluding hydrogens is 400 g/mol. The van der Waals surface area contributed by atoms with Gasteiger partial charge in [0.1, 0.15) is 10.6 Å². The summed E-state index contributed by atoms with van der Waals surface area (Å²) in [5.41, 5.74) is 3.15. The van der Waals surface area contributed by atoms with E-state index in [9.17, 15) is 4.79 Å². The fourth-order valence-corrected chi connectivity index (χ4v) is 5.15. The number of carbonyl (C=O) groups excluding carboxylic acids is 1. The molecule has 1 aromatic carbocycles. The first kappa shape index (κ1) is 20.2. The molecule has 7 heteroatoms. The molecule has 1 fully saturated rings. The highest BCUT2D eigenvalue weighted by molar-refractivity contribution is 7.98. The van der Waals surface area contributed by atoms with Crippen LogP contribution in [0.1, 0.15) is 47.0 Å². The molecule has 0 saturated carbocycles. The molecule has 4 rings (SSSR count). The third-order valence-electron chi connectivity index (χ3n) is 5.39. The normalized spacial score (nSPS) is 14.4. The van der Waals surface area contributed by atoms with Crippen molar-refractivity contribution in [1.29, 1.82) is 0 Å². The molecule has 0 bridgehead atoms. The molecule has 1 aliphatic heterocycles. The van der Waals surface area contributed by atoms with E-state index in [0.29, 0.717) is 4.88 Å². The Balaban J connectivity index is 1.71. The number of hydrogen-bond acceptors (Lipinski definition) is 6. The van der Waals surface area contributed by atoms with E-state index >= 15 is 0 Å². The maximum Gasteiger partial charge on any atom is 0.265 e. The average Bonchev–Trinajstić information content (AvgIpc) is 3.19. The first-order valence-corrected chi connectivity index (χ1v) is 12.1. The van der Waals surface area contributed by atoms with Gasteiger partial charge in [0.15, 0.2) is 5.16 Å². The number of fused-ring (bicyclic) bond motifs is 1. The predicted octanol–water partition coefficient (Wildman–Crippen LogP) is 5.53. The number of anilines is 2. The number of amides is 1. The minimum absolute atomic E-state index is 0.0766. The lowest BCUT2D eigenvalue weighted by molar-refractivity contribution is 0.103. The van der Waals surface area contributed by atoms with E-state index < -0.39 is 0 Å². The van der Waals surface area contributed by atoms with Gasteiger partial charge in [0.25, 0.3) is 5.91 Å². The molecule has 0 spiro atoms. The number of piperidine rings is 1. The Morgan fingerprint density at radius 2 is 2.03 bits per heavy atom. The second kappa shape index (κ2) is 8.71. The molecule has 29 heavy (non-hydrogen) atoms. The average molecular weight is 427 g/mol. The summed E-state index contributed by atoms with van der Waals surface area (Å²) in [5, 5.41) is 4.89. The maximum atomic E-state index is 13.1. The number of aromatic nitrogens is 2. The first-order valence-electron chi connectivity index (χ1n) is 10.1. The highest BCUT2D eigenvalue weighted by Crippen LogP contribution is 2.34. The smallest absolute Gasteiger partial charge is 0.265 e. The first-order chi connectivity index (χ1) is 14.1. The maximum absolute atomic E-state index is 13.1. The fourth-order valence-electron chi connectivity index (χ4n) is 3.81. The standard InChI is InChI=1S/C22H26N4OS2/c1-4-15-10-8-9-14(2)18(15)23-20(27)17-13-16-19(26-11-6-5-7-12-26)24-22(28-3)25-21(16)29-17/h8-10,13H,4-7,11-12H2,1-3H3,(H,23,27). The van der Waals surface area contributed by atoms with Crippen LogP contribution in [-0.4, -0.2) is 35.2 Å². The Morgan fingerprint density at radius 3 is 2.76 bits per heavy atom. The van der Waals surface area contributed by atoms with E-state index in [1.54, 1.807) is 11.8 Å². The van der Waals surface area contributed by atoms with Gasteiger partial charge in [0, 0.05) is 18.8 Å². The Kier molecular flexibility index (Phi) is 6.06. The lowest BCUT2D eigenvalue weighted by Gasteiger charge is -2.28. The van der Waals surface area contributed by atoms with Gasteiger partial charge in [0.2, 0.25) is 0 Å². The number of nitrogens with one attached hydrogen (secondary N) is 1. The van der Waals surface area contributed by atoms with Crippen LogP contribution in [0.2, 0.25) is 0 Å². The summed E-state index contributed by atoms with van der Waals surface area (Å²) < 4.78 is 0. The zero-order valence-electron chi connectivity index (χ0n) is 17.1. The minimum atomic E-state index is -0.0766. The Bertz CT molecular complexity index is 1040. The molecule has 152 valence electrons. The van der Waals surface area contributed by atoms with Crippen molar-refractivity contribution in [3.05, 3.63) is 40.3 Å². The van der Waals surface area contributed by atoms with Crippen molar-refractivity contribution in [3.8, 4) is 0 Å². The second-order valence-corrected chi connectivity index (χ2v) is 9.13. The third-order valence-corrected chi connectivity index (χ3v) is 6.97. The number of para-hydroxylation sites is 1. The largest absolute Gasteiger partial charge is 0.356 e. The number of thioether (sulfide) groups is 1. The SMILES string of the molecule is CCc1cccc(C)c1NC(=O)c1cc2c(N3CCCCC3)nc(SC)nc2s1. The molecule has 2 aromatic heterocycles. The molecule has 1 amide bonds. The van der Waals surface area contributed by atoms with E-state index in [2.05, 4.69) is 28.2 Å². The van der Waals surface area contributed by atoms with Crippen LogP contribution in [0.4, 0.5) is 11.5 Å². The van der Waals surface area contributed by atoms with Crippen LogP contribution in [0, 0.1) is 6.92 Å². The molecule has 3 heterocycles. The number of benzene rings is 1. The van der Waals surface area contributed by atoms with E-state index in [1.165, 1.54) is 30.6 Å². The fraction of sp³-hybridized carbons (Fsp3) is 0.409. The van der Waals surface area contributed by atoms with Crippen molar-refractivity contribution in [2.45, 2.75) is 44.7 Å². The number of carbonyl (C=O) groups is 1. The third kappa shape index (κ3) is 4.12. The highest BCUT2D eigenvalue weighted by Gasteiger charge is 2.21. The van der Waals surface area contributed by atoms with Crippen LogP contribution in [0.15, 0.2) is 29.4 Å². The summed E-state index contributed by atoms with van der Waals surface area (Å²) in [6, 6.07) is 8.10. The summed E-state index contributed by atoms with van der Waals surface area (Å²) in [6.45, 7) is 6.17. The molecule has 0 unspecified atom stereocenters. The van der Waals surface area contributed by atoms with Crippen molar-refractivity contribution in [2.24, 2.45) is 0 Å². The van der Waals surface area contributed by atoms with Crippen LogP contribution in [0.5, 0.6) is 0 Å². The van der Waals surface area contributed by atoms with Gasteiger partial charge in [-0.1, -0.05) is 36.9 Å². The number of aryl methyl sites for hydroxylation is 2. The summed E-state index contributed by atoms with van der Waals surface area (Å²) in [7, 11) is 0. The predicted molar refractivity (Wildman–Crippen MR) is 124 cm³/mol. The van der Waals surface area contributed by atoms with Crippen LogP contribution in [0.3, 0.4) is 0 Å². The minimum Gasteiger partial charge on any atom is -0.356 e. The van der Waals surface area contributed by atoms with Crippen molar-refractivity contribution in [1.82, 2.24) is 9.97 Å². The van der Waals surface area contributed by atoms with Gasteiger partial charge in [-0.25, -0.2) is 9.97 Å². The lowest BCUT2D eigenvalue weighted by Crippen LogP contribution is -2.30. The van der Waals surface area contributed by atoms with Gasteiger partial charge in [0.05, 0.1) is 10.3 Å². The molecule has 1 aliphatic rings. The molecule has 0 radical (unpaired) electrons. The number of nitrogens with zero attached hydrogens (tertiary/aromatic N) is 3. The quantitative estimate of drug-likeness (QED) is 0.430. The van der Waals surface area contributed by atoms with E-state index in [4.69, 9.17) is 4.98 Å². The molecule has 0 aliphatic carbocycles. The summed E-state index contributed by atoms with van der Waals surface area (Å²) in [4.78, 5) is 26.5. The Morgan fingerprint density at radius 1 is 1.24 bits per heavy atom. The van der Waals surface area contributed by atoms with Gasteiger partial charge >= 0.3 is 0 Å². The molecular formula is C22H26N4OS2. The Labute approximate surface area is 179 Å². The number of hydrogen-bond donors (Lipinski definition) is 1. The highest BCUT2D eigenvalue weighted by atomic mass is 32.2. The molecule has 3 aromatic rings. The van der Waals surface area contributed by atoms with Gasteiger partial charge in [-0.15, -0.1) is 11.3 Å². The van der Waals surface area contributed by atoms with Crippen LogP contribution in [0.25, 0.3) is 10.2 Å². The summed E-state index contributed by atoms with van der Waals surface area (Å²) in [5.74, 6) is 0.895. The van der Waals surface area contributed by atoms with Crippen molar-refractivity contribution >= 4 is 50.7 Å². The van der Waals surface area contributed by atoms with Gasteiger partial charge in [-0.05, 0) is 56.1 Å². The zero-order chi connectivity index (χ0) is 20.4. The summed E-state index contributed by atoms with van der Waals surface area (Å²) >= 11 is 2.99. The monoisotopic (exact) mass is 426 g/mol. The van der Waals surface area contributed by atoms with E-state index in [0.717, 1.165) is 57.5 Å². The van der Waals surface area contributed by atoms with Crippen molar-refractivity contribution in [2.75, 3.05) is 29.6 Å². The second-order valence-electron chi connectivity index (χ2n) is 7.33. The lowest BCUT2D eigenvalue weighted by atomic mass is 10.1. The molecule has 5 nitrogen and oxygen atoms in total. The van der Waals surface area contributed by atoms with Crippen LogP contribution < -0.4 is 10.2 Å². The topological polar surface area (TPSA) is 58.1 Å². The number of thiophene rings is 1. The Hall–Kier alpha value is -2.12. The van der Waals surface area contributed by atoms with Gasteiger partial charge in [-0.2, -0.15) is 0 Å². The van der Waals surface area contributed by atoms with Crippen LogP contribution >= 0.6 is 23.1 Å². The summed E-state index contributed by atoms with van der Waals surface area (Å²) in [6.07, 6.45) is 6.51.